The molecular weight excluding hydrogens is 368 g/mol. The van der Waals surface area contributed by atoms with Gasteiger partial charge in [0.1, 0.15) is 15.6 Å². The first-order valence-electron chi connectivity index (χ1n) is 8.38. The molecule has 0 radical (unpaired) electrons. The predicted molar refractivity (Wildman–Crippen MR) is 104 cm³/mol. The van der Waals surface area contributed by atoms with E-state index in [9.17, 15) is 4.79 Å². The van der Waals surface area contributed by atoms with Gasteiger partial charge >= 0.3 is 0 Å². The van der Waals surface area contributed by atoms with Crippen molar-refractivity contribution in [3.63, 3.8) is 0 Å². The molecule has 1 amide bonds. The lowest BCUT2D eigenvalue weighted by atomic mass is 10.0. The highest BCUT2D eigenvalue weighted by Crippen LogP contribution is 2.33. The van der Waals surface area contributed by atoms with Crippen molar-refractivity contribution in [1.29, 1.82) is 0 Å². The maximum atomic E-state index is 12.8. The number of hydrogen-bond acceptors (Lipinski definition) is 4. The van der Waals surface area contributed by atoms with Crippen LogP contribution in [-0.4, -0.2) is 17.5 Å². The summed E-state index contributed by atoms with van der Waals surface area (Å²) in [6.07, 6.45) is 0.752. The van der Waals surface area contributed by atoms with E-state index < -0.39 is 0 Å². The number of aryl methyl sites for hydroxylation is 1. The molecule has 0 unspecified atom stereocenters. The van der Waals surface area contributed by atoms with Crippen LogP contribution in [0.1, 0.15) is 33.4 Å². The molecule has 1 aromatic heterocycles. The van der Waals surface area contributed by atoms with Gasteiger partial charge in [0, 0.05) is 22.6 Å². The Morgan fingerprint density at radius 1 is 1.27 bits per heavy atom. The van der Waals surface area contributed by atoms with Crippen LogP contribution >= 0.6 is 22.9 Å². The van der Waals surface area contributed by atoms with E-state index >= 15 is 0 Å². The molecule has 6 heteroatoms. The van der Waals surface area contributed by atoms with Gasteiger partial charge in [-0.2, -0.15) is 0 Å². The van der Waals surface area contributed by atoms with Gasteiger partial charge in [0.2, 0.25) is 0 Å². The molecule has 0 saturated heterocycles. The summed E-state index contributed by atoms with van der Waals surface area (Å²) in [6.45, 7) is 2.45. The van der Waals surface area contributed by atoms with E-state index in [0.717, 1.165) is 34.0 Å². The Bertz CT molecular complexity index is 970. The Labute approximate surface area is 160 Å². The molecule has 2 heterocycles. The minimum absolute atomic E-state index is 0.0523. The molecule has 1 aliphatic heterocycles. The zero-order chi connectivity index (χ0) is 18.1. The quantitative estimate of drug-likeness (QED) is 0.689. The first-order valence-corrected chi connectivity index (χ1v) is 9.57. The molecule has 2 aromatic carbocycles. The second kappa shape index (κ2) is 7.09. The zero-order valence-corrected chi connectivity index (χ0v) is 15.7. The van der Waals surface area contributed by atoms with Crippen molar-refractivity contribution in [3.05, 3.63) is 69.7 Å². The van der Waals surface area contributed by atoms with E-state index in [1.54, 1.807) is 0 Å². The molecule has 1 aliphatic rings. The molecule has 0 bridgehead atoms. The minimum atomic E-state index is -0.102. The van der Waals surface area contributed by atoms with Gasteiger partial charge in [-0.1, -0.05) is 41.9 Å². The third kappa shape index (κ3) is 3.32. The van der Waals surface area contributed by atoms with Crippen LogP contribution in [-0.2, 0) is 0 Å². The van der Waals surface area contributed by atoms with Gasteiger partial charge < -0.3 is 10.1 Å². The van der Waals surface area contributed by atoms with E-state index in [2.05, 4.69) is 10.3 Å². The Morgan fingerprint density at radius 2 is 2.12 bits per heavy atom. The van der Waals surface area contributed by atoms with Crippen LogP contribution in [0.2, 0.25) is 5.02 Å². The van der Waals surface area contributed by atoms with Crippen molar-refractivity contribution in [1.82, 2.24) is 10.3 Å². The summed E-state index contributed by atoms with van der Waals surface area (Å²) in [7, 11) is 0. The van der Waals surface area contributed by atoms with Gasteiger partial charge in [0.05, 0.1) is 18.3 Å². The fourth-order valence-corrected chi connectivity index (χ4v) is 4.22. The molecule has 26 heavy (non-hydrogen) atoms. The van der Waals surface area contributed by atoms with Gasteiger partial charge in [0.25, 0.3) is 5.91 Å². The van der Waals surface area contributed by atoms with Crippen LogP contribution in [0.4, 0.5) is 0 Å². The van der Waals surface area contributed by atoms with E-state index in [4.69, 9.17) is 16.3 Å². The number of thiazole rings is 1. The van der Waals surface area contributed by atoms with E-state index in [0.29, 0.717) is 16.5 Å². The highest BCUT2D eigenvalue weighted by Gasteiger charge is 2.25. The summed E-state index contributed by atoms with van der Waals surface area (Å²) in [5.74, 6) is 0.736. The number of para-hydroxylation sites is 1. The van der Waals surface area contributed by atoms with Crippen molar-refractivity contribution in [2.24, 2.45) is 0 Å². The lowest BCUT2D eigenvalue weighted by Crippen LogP contribution is -2.32. The summed E-state index contributed by atoms with van der Waals surface area (Å²) in [4.78, 5) is 18.0. The predicted octanol–water partition coefficient (Wildman–Crippen LogP) is 5.03. The Kier molecular flexibility index (Phi) is 4.66. The number of fused-ring (bicyclic) bond motifs is 1. The van der Waals surface area contributed by atoms with Gasteiger partial charge in [-0.3, -0.25) is 4.79 Å². The minimum Gasteiger partial charge on any atom is -0.493 e. The Hall–Kier alpha value is -2.37. The van der Waals surface area contributed by atoms with Crippen molar-refractivity contribution < 1.29 is 9.53 Å². The van der Waals surface area contributed by atoms with Gasteiger partial charge in [-0.05, 0) is 25.1 Å². The van der Waals surface area contributed by atoms with Crippen LogP contribution < -0.4 is 10.1 Å². The highest BCUT2D eigenvalue weighted by molar-refractivity contribution is 7.17. The van der Waals surface area contributed by atoms with Crippen molar-refractivity contribution in [2.75, 3.05) is 6.61 Å². The number of aromatic nitrogens is 1. The lowest BCUT2D eigenvalue weighted by molar-refractivity contribution is 0.0928. The molecule has 3 aromatic rings. The smallest absolute Gasteiger partial charge is 0.263 e. The number of amides is 1. The molecule has 4 nitrogen and oxygen atoms in total. The number of carbonyl (C=O) groups is 1. The van der Waals surface area contributed by atoms with Crippen LogP contribution in [0.15, 0.2) is 48.5 Å². The highest BCUT2D eigenvalue weighted by atomic mass is 35.5. The number of benzene rings is 2. The Morgan fingerprint density at radius 3 is 2.96 bits per heavy atom. The standard InChI is InChI=1S/C20H17ClN2O2S/c1-12-18(26-20(22-12)13-5-4-6-14(21)11-13)19(24)23-16-9-10-25-17-8-3-2-7-15(16)17/h2-8,11,16H,9-10H2,1H3,(H,23,24)/t16-/m1/s1. The summed E-state index contributed by atoms with van der Waals surface area (Å²) < 4.78 is 5.66. The molecule has 0 saturated carbocycles. The topological polar surface area (TPSA) is 51.2 Å². The number of hydrogen-bond donors (Lipinski definition) is 1. The average Bonchev–Trinajstić information content (AvgIpc) is 3.04. The molecule has 0 spiro atoms. The average molecular weight is 385 g/mol. The summed E-state index contributed by atoms with van der Waals surface area (Å²) in [5, 5.41) is 4.58. The maximum Gasteiger partial charge on any atom is 0.263 e. The summed E-state index contributed by atoms with van der Waals surface area (Å²) in [6, 6.07) is 15.3. The molecule has 4 rings (SSSR count). The Balaban J connectivity index is 1.58. The van der Waals surface area contributed by atoms with Gasteiger partial charge in [0.15, 0.2) is 0 Å². The largest absolute Gasteiger partial charge is 0.493 e. The molecule has 1 N–H and O–H groups in total. The van der Waals surface area contributed by atoms with E-state index in [-0.39, 0.29) is 11.9 Å². The number of ether oxygens (including phenoxy) is 1. The summed E-state index contributed by atoms with van der Waals surface area (Å²) >= 11 is 7.45. The van der Waals surface area contributed by atoms with Crippen LogP contribution in [0.25, 0.3) is 10.6 Å². The van der Waals surface area contributed by atoms with Crippen LogP contribution in [0.5, 0.6) is 5.75 Å². The third-order valence-electron chi connectivity index (χ3n) is 4.34. The molecule has 1 atom stereocenters. The third-order valence-corrected chi connectivity index (χ3v) is 5.78. The van der Waals surface area contributed by atoms with Crippen molar-refractivity contribution in [2.45, 2.75) is 19.4 Å². The number of carbonyl (C=O) groups excluding carboxylic acids is 1. The van der Waals surface area contributed by atoms with Gasteiger partial charge in [-0.15, -0.1) is 11.3 Å². The number of rotatable bonds is 3. The number of nitrogens with one attached hydrogen (secondary N) is 1. The SMILES string of the molecule is Cc1nc(-c2cccc(Cl)c2)sc1C(=O)N[C@@H]1CCOc2ccccc21. The first kappa shape index (κ1) is 17.1. The van der Waals surface area contributed by atoms with Crippen LogP contribution in [0, 0.1) is 6.92 Å². The maximum absolute atomic E-state index is 12.8. The molecule has 0 aliphatic carbocycles. The van der Waals surface area contributed by atoms with E-state index in [1.165, 1.54) is 11.3 Å². The number of nitrogens with zero attached hydrogens (tertiary/aromatic N) is 1. The molecular formula is C20H17ClN2O2S. The molecule has 0 fully saturated rings. The fraction of sp³-hybridized carbons (Fsp3) is 0.200. The second-order valence-corrected chi connectivity index (χ2v) is 7.58. The monoisotopic (exact) mass is 384 g/mol. The zero-order valence-electron chi connectivity index (χ0n) is 14.2. The lowest BCUT2D eigenvalue weighted by Gasteiger charge is -2.26. The molecule has 132 valence electrons. The summed E-state index contributed by atoms with van der Waals surface area (Å²) in [5.41, 5.74) is 2.66. The fourth-order valence-electron chi connectivity index (χ4n) is 3.07. The van der Waals surface area contributed by atoms with Crippen molar-refractivity contribution >= 4 is 28.8 Å². The van der Waals surface area contributed by atoms with Gasteiger partial charge in [-0.25, -0.2) is 4.98 Å². The second-order valence-electron chi connectivity index (χ2n) is 6.14. The normalized spacial score (nSPS) is 15.8. The number of halogens is 1. The first-order chi connectivity index (χ1) is 12.6. The van der Waals surface area contributed by atoms with E-state index in [1.807, 2.05) is 55.5 Å². The van der Waals surface area contributed by atoms with Crippen molar-refractivity contribution in [3.8, 4) is 16.3 Å². The van der Waals surface area contributed by atoms with Crippen LogP contribution in [0.3, 0.4) is 0 Å².